The Bertz CT molecular complexity index is 1490. The number of nitrogens with two attached hydrogens (primary N) is 1. The highest BCUT2D eigenvalue weighted by atomic mass is 16.7. The van der Waals surface area contributed by atoms with Crippen molar-refractivity contribution in [2.45, 2.75) is 31.7 Å². The van der Waals surface area contributed by atoms with Crippen molar-refractivity contribution in [2.75, 3.05) is 33.3 Å². The smallest absolute Gasteiger partial charge is 0.116 e. The van der Waals surface area contributed by atoms with Gasteiger partial charge in [0.1, 0.15) is 5.82 Å². The van der Waals surface area contributed by atoms with E-state index in [0.717, 1.165) is 78.3 Å². The average Bonchev–Trinajstić information content (AvgIpc) is 3.36. The van der Waals surface area contributed by atoms with Crippen molar-refractivity contribution in [1.29, 1.82) is 0 Å². The first kappa shape index (κ1) is 25.4. The number of benzene rings is 2. The molecule has 2 aromatic heterocycles. The van der Waals surface area contributed by atoms with Crippen LogP contribution in [-0.2, 0) is 4.84 Å². The molecule has 2 N–H and O–H groups in total. The molecule has 0 bridgehead atoms. The van der Waals surface area contributed by atoms with E-state index in [1.54, 1.807) is 20.2 Å². The molecule has 0 amide bonds. The van der Waals surface area contributed by atoms with Gasteiger partial charge in [0.25, 0.3) is 0 Å². The SMILES string of the molecule is CON1CCN(C2CC(c3nc(-c4ccc5ccc(-c6ccccc6)nc5c4)cn3/C=C\N=C(C)N)C2)CC1. The van der Waals surface area contributed by atoms with Crippen LogP contribution in [0.5, 0.6) is 0 Å². The molecule has 0 spiro atoms. The maximum absolute atomic E-state index is 5.76. The molecule has 1 saturated carbocycles. The Morgan fingerprint density at radius 2 is 1.72 bits per heavy atom. The van der Waals surface area contributed by atoms with E-state index in [2.05, 4.69) is 63.1 Å². The second-order valence-corrected chi connectivity index (χ2v) is 10.4. The molecule has 1 aliphatic heterocycles. The predicted molar refractivity (Wildman–Crippen MR) is 157 cm³/mol. The zero-order valence-corrected chi connectivity index (χ0v) is 22.6. The largest absolute Gasteiger partial charge is 0.387 e. The van der Waals surface area contributed by atoms with Gasteiger partial charge >= 0.3 is 0 Å². The zero-order valence-electron chi connectivity index (χ0n) is 22.6. The molecule has 2 aromatic carbocycles. The summed E-state index contributed by atoms with van der Waals surface area (Å²) in [4.78, 5) is 22.4. The van der Waals surface area contributed by atoms with Crippen molar-refractivity contribution < 1.29 is 4.84 Å². The summed E-state index contributed by atoms with van der Waals surface area (Å²) < 4.78 is 2.11. The van der Waals surface area contributed by atoms with Gasteiger partial charge in [-0.15, -0.1) is 0 Å². The summed E-state index contributed by atoms with van der Waals surface area (Å²) in [5.41, 5.74) is 10.8. The molecule has 8 nitrogen and oxygen atoms in total. The van der Waals surface area contributed by atoms with Gasteiger partial charge in [-0.2, -0.15) is 5.06 Å². The van der Waals surface area contributed by atoms with Crippen LogP contribution in [0.1, 0.15) is 31.5 Å². The molecule has 1 aliphatic carbocycles. The van der Waals surface area contributed by atoms with Crippen LogP contribution in [0.15, 0.2) is 78.1 Å². The van der Waals surface area contributed by atoms with E-state index in [1.165, 1.54) is 0 Å². The summed E-state index contributed by atoms with van der Waals surface area (Å²) in [7, 11) is 1.75. The van der Waals surface area contributed by atoms with E-state index < -0.39 is 0 Å². The van der Waals surface area contributed by atoms with Gasteiger partial charge in [0.05, 0.1) is 29.8 Å². The maximum atomic E-state index is 5.76. The Labute approximate surface area is 229 Å². The number of rotatable bonds is 7. The van der Waals surface area contributed by atoms with E-state index in [-0.39, 0.29) is 0 Å². The van der Waals surface area contributed by atoms with Crippen molar-refractivity contribution in [3.63, 3.8) is 0 Å². The quantitative estimate of drug-likeness (QED) is 0.272. The van der Waals surface area contributed by atoms with Crippen LogP contribution in [0.3, 0.4) is 0 Å². The number of hydroxylamine groups is 2. The van der Waals surface area contributed by atoms with Crippen molar-refractivity contribution in [3.05, 3.63) is 78.9 Å². The van der Waals surface area contributed by atoms with Gasteiger partial charge in [0.15, 0.2) is 0 Å². The molecule has 0 radical (unpaired) electrons. The highest BCUT2D eigenvalue weighted by Crippen LogP contribution is 2.41. The van der Waals surface area contributed by atoms with Crippen molar-refractivity contribution in [2.24, 2.45) is 10.7 Å². The van der Waals surface area contributed by atoms with Crippen LogP contribution in [0.25, 0.3) is 39.6 Å². The Morgan fingerprint density at radius 1 is 0.949 bits per heavy atom. The number of piperazine rings is 1. The van der Waals surface area contributed by atoms with Crippen molar-refractivity contribution in [1.82, 2.24) is 24.5 Å². The fraction of sp³-hybridized carbons (Fsp3) is 0.323. The fourth-order valence-corrected chi connectivity index (χ4v) is 5.59. The minimum Gasteiger partial charge on any atom is -0.387 e. The Hall–Kier alpha value is -3.85. The van der Waals surface area contributed by atoms with Crippen LogP contribution >= 0.6 is 0 Å². The first-order valence-electron chi connectivity index (χ1n) is 13.6. The molecule has 6 rings (SSSR count). The van der Waals surface area contributed by atoms with Crippen LogP contribution in [-0.4, -0.2) is 69.7 Å². The lowest BCUT2D eigenvalue weighted by atomic mass is 9.78. The Balaban J connectivity index is 1.27. The maximum Gasteiger partial charge on any atom is 0.116 e. The minimum absolute atomic E-state index is 0.403. The molecule has 2 aliphatic rings. The van der Waals surface area contributed by atoms with Gasteiger partial charge in [0, 0.05) is 73.2 Å². The fourth-order valence-electron chi connectivity index (χ4n) is 5.59. The molecule has 3 heterocycles. The van der Waals surface area contributed by atoms with Crippen LogP contribution < -0.4 is 5.73 Å². The molecule has 8 heteroatoms. The number of imidazole rings is 1. The molecule has 4 aromatic rings. The third-order valence-electron chi connectivity index (χ3n) is 7.85. The third-order valence-corrected chi connectivity index (χ3v) is 7.85. The lowest BCUT2D eigenvalue weighted by Gasteiger charge is -2.45. The van der Waals surface area contributed by atoms with Gasteiger partial charge in [-0.25, -0.2) is 15.0 Å². The molecule has 39 heavy (non-hydrogen) atoms. The summed E-state index contributed by atoms with van der Waals surface area (Å²) in [6.45, 7) is 5.79. The number of hydrogen-bond acceptors (Lipinski definition) is 6. The minimum atomic E-state index is 0.403. The lowest BCUT2D eigenvalue weighted by Crippen LogP contribution is -2.53. The second kappa shape index (κ2) is 11.1. The van der Waals surface area contributed by atoms with E-state index in [1.807, 2.05) is 29.5 Å². The molecule has 0 unspecified atom stereocenters. The molecule has 2 fully saturated rings. The number of fused-ring (bicyclic) bond motifs is 1. The van der Waals surface area contributed by atoms with E-state index in [9.17, 15) is 0 Å². The van der Waals surface area contributed by atoms with Gasteiger partial charge in [-0.1, -0.05) is 48.5 Å². The van der Waals surface area contributed by atoms with Gasteiger partial charge < -0.3 is 15.1 Å². The van der Waals surface area contributed by atoms with E-state index >= 15 is 0 Å². The molecule has 0 atom stereocenters. The predicted octanol–water partition coefficient (Wildman–Crippen LogP) is 5.00. The van der Waals surface area contributed by atoms with Crippen molar-refractivity contribution >= 4 is 22.9 Å². The molecular weight excluding hydrogens is 486 g/mol. The lowest BCUT2D eigenvalue weighted by molar-refractivity contribution is -0.158. The van der Waals surface area contributed by atoms with Crippen LogP contribution in [0.2, 0.25) is 0 Å². The monoisotopic (exact) mass is 521 g/mol. The third kappa shape index (κ3) is 5.49. The average molecular weight is 522 g/mol. The van der Waals surface area contributed by atoms with E-state index in [4.69, 9.17) is 20.5 Å². The highest BCUT2D eigenvalue weighted by Gasteiger charge is 2.38. The Kier molecular flexibility index (Phi) is 7.24. The standard InChI is InChI=1S/C31H35N7O/c1-22(32)33-12-13-37-21-30(35-31(37)26-18-27(19-26)36-14-16-38(39-2)17-15-36)25-9-8-24-10-11-28(34-29(24)20-25)23-6-4-3-5-7-23/h3-13,20-21,26-27H,14-19H2,1-2H3,(H2,32,33)/b13-12-. The van der Waals surface area contributed by atoms with Gasteiger partial charge in [-0.05, 0) is 31.9 Å². The number of hydrogen-bond donors (Lipinski definition) is 1. The number of aliphatic imine (C=N–C) groups is 1. The topological polar surface area (TPSA) is 84.8 Å². The molecule has 200 valence electrons. The molecule has 1 saturated heterocycles. The second-order valence-electron chi connectivity index (χ2n) is 10.4. The van der Waals surface area contributed by atoms with Crippen LogP contribution in [0, 0.1) is 0 Å². The van der Waals surface area contributed by atoms with Crippen molar-refractivity contribution in [3.8, 4) is 22.5 Å². The first-order chi connectivity index (χ1) is 19.1. The number of nitrogens with zero attached hydrogens (tertiary/aromatic N) is 6. The molecular formula is C31H35N7O. The number of pyridine rings is 1. The Morgan fingerprint density at radius 3 is 2.46 bits per heavy atom. The summed E-state index contributed by atoms with van der Waals surface area (Å²) in [5, 5.41) is 3.15. The summed E-state index contributed by atoms with van der Waals surface area (Å²) >= 11 is 0. The zero-order chi connectivity index (χ0) is 26.8. The summed E-state index contributed by atoms with van der Waals surface area (Å²) in [6.07, 6.45) is 8.02. The van der Waals surface area contributed by atoms with Crippen LogP contribution in [0.4, 0.5) is 0 Å². The number of aromatic nitrogens is 3. The first-order valence-corrected chi connectivity index (χ1v) is 13.6. The summed E-state index contributed by atoms with van der Waals surface area (Å²) in [6, 6.07) is 21.5. The summed E-state index contributed by atoms with van der Waals surface area (Å²) in [5.74, 6) is 2.01. The van der Waals surface area contributed by atoms with E-state index in [0.29, 0.717) is 17.8 Å². The van der Waals surface area contributed by atoms with Gasteiger partial charge in [0.2, 0.25) is 0 Å². The highest BCUT2D eigenvalue weighted by molar-refractivity contribution is 5.85. The van der Waals surface area contributed by atoms with Gasteiger partial charge in [-0.3, -0.25) is 4.90 Å². The normalized spacial score (nSPS) is 21.0. The number of amidine groups is 1.